The molecule has 0 saturated carbocycles. The van der Waals surface area contributed by atoms with Crippen LogP contribution in [-0.2, 0) is 0 Å². The summed E-state index contributed by atoms with van der Waals surface area (Å²) >= 11 is 0. The predicted molar refractivity (Wildman–Crippen MR) is 67.4 cm³/mol. The van der Waals surface area contributed by atoms with Gasteiger partial charge < -0.3 is 70.5 Å². The van der Waals surface area contributed by atoms with Gasteiger partial charge in [0.05, 0.1) is 0 Å². The average Bonchev–Trinajstić information content (AvgIpc) is 1.94. The summed E-state index contributed by atoms with van der Waals surface area (Å²) in [4.78, 5) is 8.56. The summed E-state index contributed by atoms with van der Waals surface area (Å²) in [6, 6.07) is 0. The molecule has 0 heterocycles. The first-order chi connectivity index (χ1) is 8.66. The second-order valence-electron chi connectivity index (χ2n) is 1.67. The molecule has 0 saturated heterocycles. The number of hydrogen-bond donors (Lipinski definition) is 14. The quantitative estimate of drug-likeness (QED) is 0.183. The molecule has 0 aliphatic heterocycles. The van der Waals surface area contributed by atoms with E-state index in [-0.39, 0.29) is 29.6 Å². The van der Waals surface area contributed by atoms with Crippen molar-refractivity contribution in [1.82, 2.24) is 0 Å². The SMILES string of the molecule is O=C(O)O.OB(O)O.OB(O)O.OB(O)O.OB(O)O.[NaH]. The van der Waals surface area contributed by atoms with Gasteiger partial charge in [-0.15, -0.1) is 0 Å². The Labute approximate surface area is 140 Å². The van der Waals surface area contributed by atoms with Crippen molar-refractivity contribution in [2.75, 3.05) is 0 Å². The molecule has 20 heteroatoms. The van der Waals surface area contributed by atoms with Crippen LogP contribution in [0.2, 0.25) is 0 Å². The van der Waals surface area contributed by atoms with Crippen molar-refractivity contribution in [2.45, 2.75) is 0 Å². The Kier molecular flexibility index (Phi) is 57.1. The summed E-state index contributed by atoms with van der Waals surface area (Å²) in [6.07, 6.45) is -1.83. The second-order valence-corrected chi connectivity index (χ2v) is 1.67. The van der Waals surface area contributed by atoms with Gasteiger partial charge in [0.1, 0.15) is 0 Å². The van der Waals surface area contributed by atoms with E-state index in [1.807, 2.05) is 0 Å². The first kappa shape index (κ1) is 37.4. The minimum atomic E-state index is -2.17. The maximum atomic E-state index is 8.56. The van der Waals surface area contributed by atoms with E-state index in [1.54, 1.807) is 0 Å². The molecule has 15 nitrogen and oxygen atoms in total. The second kappa shape index (κ2) is 32.1. The van der Waals surface area contributed by atoms with Crippen molar-refractivity contribution in [3.05, 3.63) is 0 Å². The summed E-state index contributed by atoms with van der Waals surface area (Å²) in [5, 5.41) is 99.9. The van der Waals surface area contributed by atoms with Crippen LogP contribution in [0.4, 0.5) is 4.79 Å². The fourth-order valence-corrected chi connectivity index (χ4v) is 0. The van der Waals surface area contributed by atoms with Gasteiger partial charge >= 0.3 is 65.0 Å². The van der Waals surface area contributed by atoms with Gasteiger partial charge in [0.2, 0.25) is 0 Å². The van der Waals surface area contributed by atoms with Crippen LogP contribution in [0.3, 0.4) is 0 Å². The molecule has 0 aromatic rings. The Bertz CT molecular complexity index is 125. The van der Waals surface area contributed by atoms with Crippen molar-refractivity contribution in [3.8, 4) is 0 Å². The molecular weight excluding hydrogens is 318 g/mol. The molecule has 0 amide bonds. The Hall–Kier alpha value is 0.0497. The van der Waals surface area contributed by atoms with Crippen LogP contribution >= 0.6 is 0 Å². The average molecular weight is 333 g/mol. The molecular formula is CH15B4NaO15. The molecule has 0 aromatic heterocycles. The molecule has 0 unspecified atom stereocenters. The van der Waals surface area contributed by atoms with Crippen LogP contribution in [-0.4, -0.2) is 135 Å². The van der Waals surface area contributed by atoms with Crippen molar-refractivity contribution in [2.24, 2.45) is 0 Å². The van der Waals surface area contributed by atoms with E-state index in [0.29, 0.717) is 0 Å². The molecule has 122 valence electrons. The molecule has 0 aliphatic carbocycles. The standard InChI is InChI=1S/CH2O3.4BH3O3.Na.H/c5*2-1(3)4;;/h(H2,2,3,4);4*2-4H;;. The predicted octanol–water partition coefficient (Wildman–Crippen LogP) is -8.63. The Morgan fingerprint density at radius 2 is 0.476 bits per heavy atom. The number of hydrogen-bond acceptors (Lipinski definition) is 13. The minimum absolute atomic E-state index is 0. The Morgan fingerprint density at radius 3 is 0.476 bits per heavy atom. The normalized spacial score (nSPS) is 6.29. The molecule has 0 rings (SSSR count). The van der Waals surface area contributed by atoms with Crippen LogP contribution in [0.15, 0.2) is 0 Å². The summed E-state index contributed by atoms with van der Waals surface area (Å²) in [5.74, 6) is 0. The van der Waals surface area contributed by atoms with E-state index in [0.717, 1.165) is 0 Å². The fraction of sp³-hybridized carbons (Fsp3) is 0. The van der Waals surface area contributed by atoms with Gasteiger partial charge in [-0.25, -0.2) is 4.79 Å². The van der Waals surface area contributed by atoms with E-state index < -0.39 is 35.4 Å². The van der Waals surface area contributed by atoms with Gasteiger partial charge in [0, 0.05) is 0 Å². The first-order valence-electron chi connectivity index (χ1n) is 3.75. The maximum absolute atomic E-state index is 8.56. The van der Waals surface area contributed by atoms with Crippen molar-refractivity contribution in [3.63, 3.8) is 0 Å². The summed E-state index contributed by atoms with van der Waals surface area (Å²) in [6.45, 7) is 0. The van der Waals surface area contributed by atoms with E-state index >= 15 is 0 Å². The van der Waals surface area contributed by atoms with Crippen molar-refractivity contribution in [1.29, 1.82) is 0 Å². The molecule has 0 radical (unpaired) electrons. The molecule has 0 fully saturated rings. The van der Waals surface area contributed by atoms with Gasteiger partial charge in [0.15, 0.2) is 0 Å². The zero-order valence-electron chi connectivity index (χ0n) is 9.48. The third kappa shape index (κ3) is 2640000. The number of carboxylic acid groups (broad SMARTS) is 2. The zero-order valence-corrected chi connectivity index (χ0v) is 9.48. The summed E-state index contributed by atoms with van der Waals surface area (Å²) in [5.41, 5.74) is 0. The van der Waals surface area contributed by atoms with E-state index in [9.17, 15) is 0 Å². The van der Waals surface area contributed by atoms with Crippen molar-refractivity contribution >= 4 is 65.0 Å². The summed E-state index contributed by atoms with van der Waals surface area (Å²) in [7, 11) is -8.67. The molecule has 0 atom stereocenters. The Balaban J connectivity index is -0.0000000331. The number of rotatable bonds is 0. The van der Waals surface area contributed by atoms with Gasteiger partial charge in [-0.2, -0.15) is 0 Å². The van der Waals surface area contributed by atoms with Crippen LogP contribution in [0.1, 0.15) is 0 Å². The first-order valence-corrected chi connectivity index (χ1v) is 3.75. The van der Waals surface area contributed by atoms with Crippen LogP contribution in [0.5, 0.6) is 0 Å². The monoisotopic (exact) mass is 334 g/mol. The van der Waals surface area contributed by atoms with Gasteiger partial charge in [-0.05, 0) is 0 Å². The topological polar surface area (TPSA) is 300 Å². The van der Waals surface area contributed by atoms with E-state index in [1.165, 1.54) is 0 Å². The Morgan fingerprint density at radius 1 is 0.476 bits per heavy atom. The third-order valence-electron chi connectivity index (χ3n) is 0. The van der Waals surface area contributed by atoms with Gasteiger partial charge in [-0.1, -0.05) is 0 Å². The molecule has 0 bridgehead atoms. The van der Waals surface area contributed by atoms with E-state index in [2.05, 4.69) is 0 Å². The molecule has 0 aromatic carbocycles. The summed E-state index contributed by atoms with van der Waals surface area (Å²) < 4.78 is 0. The molecule has 0 aliphatic rings. The van der Waals surface area contributed by atoms with Crippen LogP contribution in [0, 0.1) is 0 Å². The molecule has 0 spiro atoms. The fourth-order valence-electron chi connectivity index (χ4n) is 0. The van der Waals surface area contributed by atoms with Crippen molar-refractivity contribution < 1.29 is 75.3 Å². The zero-order chi connectivity index (χ0) is 17.9. The van der Waals surface area contributed by atoms with Crippen LogP contribution < -0.4 is 0 Å². The van der Waals surface area contributed by atoms with E-state index in [4.69, 9.17) is 75.3 Å². The van der Waals surface area contributed by atoms with Gasteiger partial charge in [-0.3, -0.25) is 0 Å². The van der Waals surface area contributed by atoms with Gasteiger partial charge in [0.25, 0.3) is 0 Å². The van der Waals surface area contributed by atoms with Crippen LogP contribution in [0.25, 0.3) is 0 Å². The third-order valence-corrected chi connectivity index (χ3v) is 0. The number of carbonyl (C=O) groups is 1. The molecule has 21 heavy (non-hydrogen) atoms. The molecule has 14 N–H and O–H groups in total.